The summed E-state index contributed by atoms with van der Waals surface area (Å²) in [5.41, 5.74) is 2.48. The third-order valence-electron chi connectivity index (χ3n) is 8.05. The molecular formula is C30H39N5O4S. The van der Waals surface area contributed by atoms with Gasteiger partial charge in [0.1, 0.15) is 0 Å². The van der Waals surface area contributed by atoms with Crippen molar-refractivity contribution in [2.75, 3.05) is 30.6 Å². The molecule has 2 heterocycles. The topological polar surface area (TPSA) is 117 Å². The number of piperidine rings is 1. The average molecular weight is 566 g/mol. The Hall–Kier alpha value is -3.24. The SMILES string of the molecule is CS(=O)(=O)Nc1ccccc1Cc1noc(C2CCN(CC[C@H](NC(=O)CC3CCC3)c3ccccc3)CC2)n1. The third-order valence-corrected chi connectivity index (χ3v) is 8.64. The van der Waals surface area contributed by atoms with Crippen LogP contribution in [-0.2, 0) is 21.2 Å². The van der Waals surface area contributed by atoms with Gasteiger partial charge in [-0.25, -0.2) is 8.42 Å². The number of aromatic nitrogens is 2. The van der Waals surface area contributed by atoms with E-state index in [-0.39, 0.29) is 17.9 Å². The van der Waals surface area contributed by atoms with Crippen LogP contribution in [0, 0.1) is 5.92 Å². The molecule has 0 radical (unpaired) electrons. The van der Waals surface area contributed by atoms with Gasteiger partial charge in [0.05, 0.1) is 18.0 Å². The number of likely N-dealkylation sites (tertiary alicyclic amines) is 1. The van der Waals surface area contributed by atoms with Crippen molar-refractivity contribution in [2.24, 2.45) is 5.92 Å². The minimum Gasteiger partial charge on any atom is -0.349 e. The van der Waals surface area contributed by atoms with E-state index in [2.05, 4.69) is 37.2 Å². The van der Waals surface area contributed by atoms with Gasteiger partial charge in [-0.05, 0) is 68.3 Å². The van der Waals surface area contributed by atoms with E-state index in [1.54, 1.807) is 12.1 Å². The number of benzene rings is 2. The van der Waals surface area contributed by atoms with Gasteiger partial charge in [-0.1, -0.05) is 60.1 Å². The van der Waals surface area contributed by atoms with Gasteiger partial charge in [0.2, 0.25) is 21.8 Å². The lowest BCUT2D eigenvalue weighted by Gasteiger charge is -2.32. The second-order valence-electron chi connectivity index (χ2n) is 11.2. The Morgan fingerprint density at radius 3 is 2.48 bits per heavy atom. The number of sulfonamides is 1. The summed E-state index contributed by atoms with van der Waals surface area (Å²) in [7, 11) is -3.38. The van der Waals surface area contributed by atoms with E-state index in [0.29, 0.717) is 36.2 Å². The molecule has 1 aliphatic heterocycles. The minimum absolute atomic E-state index is 0.0186. The molecule has 214 valence electrons. The van der Waals surface area contributed by atoms with Crippen LogP contribution in [0.25, 0.3) is 0 Å². The van der Waals surface area contributed by atoms with E-state index in [1.807, 2.05) is 30.3 Å². The fraction of sp³-hybridized carbons (Fsp3) is 0.500. The molecule has 1 atom stereocenters. The van der Waals surface area contributed by atoms with Crippen LogP contribution in [0.3, 0.4) is 0 Å². The predicted octanol–water partition coefficient (Wildman–Crippen LogP) is 4.65. The summed E-state index contributed by atoms with van der Waals surface area (Å²) in [4.78, 5) is 19.8. The molecular weight excluding hydrogens is 526 g/mol. The van der Waals surface area contributed by atoms with Gasteiger partial charge < -0.3 is 14.7 Å². The Labute approximate surface area is 236 Å². The molecule has 5 rings (SSSR count). The van der Waals surface area contributed by atoms with Gasteiger partial charge in [-0.15, -0.1) is 0 Å². The predicted molar refractivity (Wildman–Crippen MR) is 154 cm³/mol. The number of carbonyl (C=O) groups is 1. The molecule has 40 heavy (non-hydrogen) atoms. The molecule has 1 saturated carbocycles. The number of carbonyl (C=O) groups excluding carboxylic acids is 1. The summed E-state index contributed by atoms with van der Waals surface area (Å²) in [5.74, 6) is 2.12. The van der Waals surface area contributed by atoms with Crippen molar-refractivity contribution in [1.29, 1.82) is 0 Å². The Morgan fingerprint density at radius 1 is 1.05 bits per heavy atom. The highest BCUT2D eigenvalue weighted by Gasteiger charge is 2.27. The van der Waals surface area contributed by atoms with Crippen LogP contribution in [0.1, 0.15) is 79.7 Å². The normalized spacial score (nSPS) is 17.7. The number of rotatable bonds is 12. The van der Waals surface area contributed by atoms with Gasteiger partial charge >= 0.3 is 0 Å². The summed E-state index contributed by atoms with van der Waals surface area (Å²) in [5, 5.41) is 7.49. The van der Waals surface area contributed by atoms with Crippen molar-refractivity contribution in [3.8, 4) is 0 Å². The standard InChI is InChI=1S/C30H39N5O4S/c1-40(37,38)34-27-13-6-5-12-25(27)21-28-32-30(39-33-28)24-14-17-35(18-15-24)19-16-26(23-10-3-2-4-11-23)31-29(36)20-22-8-7-9-22/h2-6,10-13,22,24,26,34H,7-9,14-21H2,1H3,(H,31,36)/t26-/m0/s1. The van der Waals surface area contributed by atoms with Crippen LogP contribution >= 0.6 is 0 Å². The Kier molecular flexibility index (Phi) is 9.16. The maximum atomic E-state index is 12.7. The Bertz CT molecular complexity index is 1370. The van der Waals surface area contributed by atoms with Crippen molar-refractivity contribution < 1.29 is 17.7 Å². The maximum absolute atomic E-state index is 12.7. The van der Waals surface area contributed by atoms with Crippen LogP contribution in [0.15, 0.2) is 59.1 Å². The fourth-order valence-electron chi connectivity index (χ4n) is 5.58. The van der Waals surface area contributed by atoms with E-state index < -0.39 is 10.0 Å². The van der Waals surface area contributed by atoms with E-state index in [4.69, 9.17) is 4.52 Å². The zero-order valence-corrected chi connectivity index (χ0v) is 23.9. The summed E-state index contributed by atoms with van der Waals surface area (Å²) >= 11 is 0. The second kappa shape index (κ2) is 13.0. The molecule has 1 saturated heterocycles. The fourth-order valence-corrected chi connectivity index (χ4v) is 6.18. The quantitative estimate of drug-likeness (QED) is 0.328. The molecule has 9 nitrogen and oxygen atoms in total. The molecule has 2 aromatic carbocycles. The third kappa shape index (κ3) is 7.91. The average Bonchev–Trinajstić information content (AvgIpc) is 3.38. The van der Waals surface area contributed by atoms with E-state index in [1.165, 1.54) is 19.3 Å². The summed E-state index contributed by atoms with van der Waals surface area (Å²) < 4.78 is 31.6. The number of nitrogens with zero attached hydrogens (tertiary/aromatic N) is 3. The first-order valence-corrected chi connectivity index (χ1v) is 16.2. The van der Waals surface area contributed by atoms with Gasteiger partial charge in [0.25, 0.3) is 0 Å². The first-order valence-electron chi connectivity index (χ1n) is 14.3. The van der Waals surface area contributed by atoms with E-state index in [0.717, 1.165) is 56.3 Å². The van der Waals surface area contributed by atoms with Gasteiger partial charge in [0.15, 0.2) is 5.82 Å². The molecule has 2 aliphatic rings. The zero-order chi connectivity index (χ0) is 28.0. The molecule has 2 fully saturated rings. The first kappa shape index (κ1) is 28.3. The lowest BCUT2D eigenvalue weighted by molar-refractivity contribution is -0.123. The molecule has 0 unspecified atom stereocenters. The maximum Gasteiger partial charge on any atom is 0.229 e. The number of hydrogen-bond acceptors (Lipinski definition) is 7. The van der Waals surface area contributed by atoms with E-state index in [9.17, 15) is 13.2 Å². The highest BCUT2D eigenvalue weighted by atomic mass is 32.2. The van der Waals surface area contributed by atoms with Crippen molar-refractivity contribution in [3.63, 3.8) is 0 Å². The minimum atomic E-state index is -3.38. The van der Waals surface area contributed by atoms with Crippen molar-refractivity contribution in [3.05, 3.63) is 77.4 Å². The van der Waals surface area contributed by atoms with Crippen molar-refractivity contribution in [2.45, 2.75) is 63.3 Å². The number of hydrogen-bond donors (Lipinski definition) is 2. The molecule has 3 aromatic rings. The summed E-state index contributed by atoms with van der Waals surface area (Å²) in [6, 6.07) is 17.5. The number of para-hydroxylation sites is 1. The second-order valence-corrected chi connectivity index (χ2v) is 12.9. The van der Waals surface area contributed by atoms with E-state index >= 15 is 0 Å². The smallest absolute Gasteiger partial charge is 0.229 e. The van der Waals surface area contributed by atoms with Gasteiger partial charge in [-0.3, -0.25) is 9.52 Å². The lowest BCUT2D eigenvalue weighted by atomic mass is 9.83. The van der Waals surface area contributed by atoms with Crippen molar-refractivity contribution >= 4 is 21.6 Å². The lowest BCUT2D eigenvalue weighted by Crippen LogP contribution is -2.37. The van der Waals surface area contributed by atoms with Crippen LogP contribution in [0.5, 0.6) is 0 Å². The highest BCUT2D eigenvalue weighted by Crippen LogP contribution is 2.31. The van der Waals surface area contributed by atoms with Crippen molar-refractivity contribution in [1.82, 2.24) is 20.4 Å². The monoisotopic (exact) mass is 565 g/mol. The number of amides is 1. The number of anilines is 1. The molecule has 10 heteroatoms. The molecule has 0 bridgehead atoms. The molecule has 1 aromatic heterocycles. The molecule has 2 N–H and O–H groups in total. The van der Waals surface area contributed by atoms with Crippen LogP contribution in [0.2, 0.25) is 0 Å². The molecule has 1 amide bonds. The van der Waals surface area contributed by atoms with Gasteiger partial charge in [0, 0.05) is 25.3 Å². The van der Waals surface area contributed by atoms with Crippen LogP contribution in [0.4, 0.5) is 5.69 Å². The Balaban J connectivity index is 1.13. The molecule has 1 aliphatic carbocycles. The number of nitrogens with one attached hydrogen (secondary N) is 2. The zero-order valence-electron chi connectivity index (χ0n) is 23.1. The summed E-state index contributed by atoms with van der Waals surface area (Å²) in [6.07, 6.45) is 8.48. The van der Waals surface area contributed by atoms with Crippen LogP contribution < -0.4 is 10.0 Å². The molecule has 0 spiro atoms. The Morgan fingerprint density at radius 2 is 1.77 bits per heavy atom. The highest BCUT2D eigenvalue weighted by molar-refractivity contribution is 7.92. The largest absolute Gasteiger partial charge is 0.349 e. The first-order chi connectivity index (χ1) is 19.3. The summed E-state index contributed by atoms with van der Waals surface area (Å²) in [6.45, 7) is 2.78. The van der Waals surface area contributed by atoms with Crippen LogP contribution in [-0.4, -0.2) is 55.3 Å². The van der Waals surface area contributed by atoms with Gasteiger partial charge in [-0.2, -0.15) is 4.98 Å².